The minimum absolute atomic E-state index is 0.211. The Morgan fingerprint density at radius 3 is 2.50 bits per heavy atom. The largest absolute Gasteiger partial charge is 0.465 e. The average Bonchev–Trinajstić information content (AvgIpc) is 2.23. The number of nitrogens with two attached hydrogens (primary N) is 1. The van der Waals surface area contributed by atoms with Crippen molar-refractivity contribution >= 4 is 23.3 Å². The number of hydrogen-bond acceptors (Lipinski definition) is 4. The Bertz CT molecular complexity index is 441. The van der Waals surface area contributed by atoms with Gasteiger partial charge in [-0.15, -0.1) is 0 Å². The topological polar surface area (TPSA) is 81.4 Å². The van der Waals surface area contributed by atoms with E-state index in [1.54, 1.807) is 19.1 Å². The molecule has 1 aromatic rings. The van der Waals surface area contributed by atoms with E-state index in [0.29, 0.717) is 22.5 Å². The van der Waals surface area contributed by atoms with Crippen LogP contribution in [0, 0.1) is 6.92 Å². The highest BCUT2D eigenvalue weighted by molar-refractivity contribution is 5.97. The quantitative estimate of drug-likeness (QED) is 0.584. The molecular weight excluding hydrogens is 208 g/mol. The molecule has 0 saturated carbocycles. The van der Waals surface area contributed by atoms with Crippen LogP contribution < -0.4 is 11.1 Å². The molecule has 0 aliphatic carbocycles. The van der Waals surface area contributed by atoms with Crippen molar-refractivity contribution in [2.45, 2.75) is 13.8 Å². The molecule has 0 aliphatic heterocycles. The summed E-state index contributed by atoms with van der Waals surface area (Å²) in [5, 5.41) is 2.58. The zero-order valence-corrected chi connectivity index (χ0v) is 9.46. The van der Waals surface area contributed by atoms with Crippen molar-refractivity contribution in [3.05, 3.63) is 23.3 Å². The lowest BCUT2D eigenvalue weighted by Crippen LogP contribution is -2.11. The number of nitrogens with one attached hydrogen (secondary N) is 1. The summed E-state index contributed by atoms with van der Waals surface area (Å²) in [6.07, 6.45) is 0. The second kappa shape index (κ2) is 4.65. The molecule has 5 nitrogen and oxygen atoms in total. The molecule has 1 aromatic carbocycles. The van der Waals surface area contributed by atoms with Gasteiger partial charge in [0.25, 0.3) is 0 Å². The van der Waals surface area contributed by atoms with Crippen LogP contribution in [0.25, 0.3) is 0 Å². The first kappa shape index (κ1) is 12.0. The molecule has 0 bridgehead atoms. The van der Waals surface area contributed by atoms with E-state index in [0.717, 1.165) is 0 Å². The van der Waals surface area contributed by atoms with Crippen molar-refractivity contribution in [2.75, 3.05) is 18.2 Å². The molecule has 0 atom stereocenters. The molecule has 0 unspecified atom stereocenters. The van der Waals surface area contributed by atoms with Crippen LogP contribution in [0.4, 0.5) is 11.4 Å². The predicted octanol–water partition coefficient (Wildman–Crippen LogP) is 1.32. The first-order valence-electron chi connectivity index (χ1n) is 4.72. The third-order valence-electron chi connectivity index (χ3n) is 2.23. The Labute approximate surface area is 93.6 Å². The number of carbonyl (C=O) groups excluding carboxylic acids is 2. The number of ether oxygens (including phenoxy) is 1. The van der Waals surface area contributed by atoms with Gasteiger partial charge >= 0.3 is 5.97 Å². The Morgan fingerprint density at radius 1 is 1.38 bits per heavy atom. The van der Waals surface area contributed by atoms with E-state index in [2.05, 4.69) is 10.1 Å². The molecule has 5 heteroatoms. The molecule has 0 radical (unpaired) electrons. The third kappa shape index (κ3) is 2.31. The minimum Gasteiger partial charge on any atom is -0.465 e. The van der Waals surface area contributed by atoms with Gasteiger partial charge in [-0.1, -0.05) is 0 Å². The minimum atomic E-state index is -0.446. The number of hydrogen-bond donors (Lipinski definition) is 2. The smallest absolute Gasteiger partial charge is 0.338 e. The van der Waals surface area contributed by atoms with Gasteiger partial charge in [0.05, 0.1) is 24.0 Å². The Morgan fingerprint density at radius 2 is 2.00 bits per heavy atom. The van der Waals surface area contributed by atoms with Crippen molar-refractivity contribution in [3.63, 3.8) is 0 Å². The van der Waals surface area contributed by atoms with E-state index in [4.69, 9.17) is 5.73 Å². The zero-order chi connectivity index (χ0) is 12.3. The lowest BCUT2D eigenvalue weighted by Gasteiger charge is -2.11. The first-order chi connectivity index (χ1) is 7.47. The van der Waals surface area contributed by atoms with Gasteiger partial charge in [-0.05, 0) is 24.6 Å². The number of carbonyl (C=O) groups is 2. The predicted molar refractivity (Wildman–Crippen MR) is 61.2 cm³/mol. The van der Waals surface area contributed by atoms with Crippen molar-refractivity contribution in [2.24, 2.45) is 0 Å². The van der Waals surface area contributed by atoms with E-state index in [9.17, 15) is 9.59 Å². The Balaban J connectivity index is 3.17. The fraction of sp³-hybridized carbons (Fsp3) is 0.273. The molecule has 0 aromatic heterocycles. The van der Waals surface area contributed by atoms with Crippen LogP contribution in [0.3, 0.4) is 0 Å². The Hall–Kier alpha value is -2.04. The normalized spacial score (nSPS) is 9.69. The van der Waals surface area contributed by atoms with Gasteiger partial charge in [-0.25, -0.2) is 4.79 Å². The summed E-state index contributed by atoms with van der Waals surface area (Å²) in [5.74, 6) is -0.657. The van der Waals surface area contributed by atoms with Crippen LogP contribution in [0.15, 0.2) is 12.1 Å². The van der Waals surface area contributed by atoms with E-state index in [-0.39, 0.29) is 5.91 Å². The van der Waals surface area contributed by atoms with E-state index < -0.39 is 5.97 Å². The number of rotatable bonds is 2. The van der Waals surface area contributed by atoms with Gasteiger partial charge in [-0.3, -0.25) is 4.79 Å². The monoisotopic (exact) mass is 222 g/mol. The number of anilines is 2. The standard InChI is InChI=1S/C11H14N2O3/c1-6-8(11(15)16-3)4-5-9(10(6)12)13-7(2)14/h4-5H,12H2,1-3H3,(H,13,14). The fourth-order valence-corrected chi connectivity index (χ4v) is 1.36. The maximum absolute atomic E-state index is 11.4. The van der Waals surface area contributed by atoms with Crippen molar-refractivity contribution in [3.8, 4) is 0 Å². The highest BCUT2D eigenvalue weighted by atomic mass is 16.5. The van der Waals surface area contributed by atoms with Gasteiger partial charge < -0.3 is 15.8 Å². The molecule has 0 spiro atoms. The van der Waals surface area contributed by atoms with Gasteiger partial charge in [0.2, 0.25) is 5.91 Å². The van der Waals surface area contributed by atoms with Crippen LogP contribution in [0.2, 0.25) is 0 Å². The van der Waals surface area contributed by atoms with Crippen LogP contribution in [0.5, 0.6) is 0 Å². The number of amides is 1. The van der Waals surface area contributed by atoms with Gasteiger partial charge in [0.1, 0.15) is 0 Å². The van der Waals surface area contributed by atoms with Gasteiger partial charge in [-0.2, -0.15) is 0 Å². The van der Waals surface area contributed by atoms with E-state index in [1.165, 1.54) is 14.0 Å². The molecule has 3 N–H and O–H groups in total. The van der Waals surface area contributed by atoms with E-state index in [1.807, 2.05) is 0 Å². The zero-order valence-electron chi connectivity index (χ0n) is 9.46. The van der Waals surface area contributed by atoms with Gasteiger partial charge in [0.15, 0.2) is 0 Å². The lowest BCUT2D eigenvalue weighted by atomic mass is 10.1. The maximum Gasteiger partial charge on any atom is 0.338 e. The summed E-state index contributed by atoms with van der Waals surface area (Å²) < 4.78 is 4.61. The van der Waals surface area contributed by atoms with Crippen LogP contribution in [-0.4, -0.2) is 19.0 Å². The van der Waals surface area contributed by atoms with Gasteiger partial charge in [0, 0.05) is 6.92 Å². The number of benzene rings is 1. The molecule has 0 heterocycles. The fourth-order valence-electron chi connectivity index (χ4n) is 1.36. The van der Waals surface area contributed by atoms with Crippen molar-refractivity contribution < 1.29 is 14.3 Å². The highest BCUT2D eigenvalue weighted by Crippen LogP contribution is 2.25. The Kier molecular flexibility index (Phi) is 3.50. The van der Waals surface area contributed by atoms with E-state index >= 15 is 0 Å². The summed E-state index contributed by atoms with van der Waals surface area (Å²) in [6, 6.07) is 3.15. The molecule has 0 aliphatic rings. The lowest BCUT2D eigenvalue weighted by molar-refractivity contribution is -0.114. The molecule has 0 saturated heterocycles. The summed E-state index contributed by atoms with van der Waals surface area (Å²) in [7, 11) is 1.31. The molecular formula is C11H14N2O3. The third-order valence-corrected chi connectivity index (χ3v) is 2.23. The summed E-state index contributed by atoms with van der Waals surface area (Å²) in [4.78, 5) is 22.2. The average molecular weight is 222 g/mol. The molecule has 0 fully saturated rings. The first-order valence-corrected chi connectivity index (χ1v) is 4.72. The molecule has 1 rings (SSSR count). The number of nitrogen functional groups attached to an aromatic ring is 1. The molecule has 16 heavy (non-hydrogen) atoms. The summed E-state index contributed by atoms with van der Waals surface area (Å²) in [5.41, 5.74) is 7.67. The number of methoxy groups -OCH3 is 1. The second-order valence-corrected chi connectivity index (χ2v) is 3.37. The molecule has 86 valence electrons. The van der Waals surface area contributed by atoms with Crippen LogP contribution in [0.1, 0.15) is 22.8 Å². The van der Waals surface area contributed by atoms with Crippen molar-refractivity contribution in [1.82, 2.24) is 0 Å². The number of esters is 1. The summed E-state index contributed by atoms with van der Waals surface area (Å²) in [6.45, 7) is 3.09. The molecule has 1 amide bonds. The highest BCUT2D eigenvalue weighted by Gasteiger charge is 2.13. The SMILES string of the molecule is COC(=O)c1ccc(NC(C)=O)c(N)c1C. The summed E-state index contributed by atoms with van der Waals surface area (Å²) >= 11 is 0. The maximum atomic E-state index is 11.4. The van der Waals surface area contributed by atoms with Crippen molar-refractivity contribution in [1.29, 1.82) is 0 Å². The van der Waals surface area contributed by atoms with Crippen LogP contribution >= 0.6 is 0 Å². The second-order valence-electron chi connectivity index (χ2n) is 3.37. The van der Waals surface area contributed by atoms with Crippen LogP contribution in [-0.2, 0) is 9.53 Å².